The van der Waals surface area contributed by atoms with Crippen molar-refractivity contribution in [1.29, 1.82) is 0 Å². The van der Waals surface area contributed by atoms with E-state index in [1.165, 1.54) is 4.90 Å². The molecule has 0 aliphatic carbocycles. The van der Waals surface area contributed by atoms with E-state index in [1.54, 1.807) is 0 Å². The summed E-state index contributed by atoms with van der Waals surface area (Å²) < 4.78 is 14.0. The fraction of sp³-hybridized carbons (Fsp3) is 0.375. The number of carbonyl (C=O) groups excluding carboxylic acids is 1. The minimum Gasteiger partial charge on any atom is -0.479 e. The van der Waals surface area contributed by atoms with Crippen LogP contribution in [0.4, 0.5) is 4.39 Å². The Bertz CT molecular complexity index is 727. The Labute approximate surface area is 126 Å². The molecule has 1 fully saturated rings. The quantitative estimate of drug-likeness (QED) is 0.908. The molecule has 0 spiro atoms. The maximum atomic E-state index is 14.0. The number of carboxylic acid groups (broad SMARTS) is 1. The van der Waals surface area contributed by atoms with Gasteiger partial charge in [-0.1, -0.05) is 6.07 Å². The molecule has 1 saturated heterocycles. The fourth-order valence-electron chi connectivity index (χ4n) is 2.83. The first-order chi connectivity index (χ1) is 10.5. The number of carboxylic acids is 1. The van der Waals surface area contributed by atoms with Gasteiger partial charge in [0.25, 0.3) is 0 Å². The number of fused-ring (bicyclic) bond motifs is 1. The van der Waals surface area contributed by atoms with Crippen LogP contribution in [0.25, 0.3) is 10.9 Å². The Morgan fingerprint density at radius 3 is 2.91 bits per heavy atom. The number of H-pyrrole nitrogens is 1. The van der Waals surface area contributed by atoms with Crippen LogP contribution in [-0.4, -0.2) is 45.6 Å². The molecule has 1 amide bonds. The van der Waals surface area contributed by atoms with Crippen LogP contribution < -0.4 is 0 Å². The van der Waals surface area contributed by atoms with Crippen molar-refractivity contribution in [2.75, 3.05) is 13.1 Å². The number of nitrogens with zero attached hydrogens (tertiary/aromatic N) is 1. The molecular weight excluding hydrogens is 287 g/mol. The van der Waals surface area contributed by atoms with E-state index in [0.717, 1.165) is 16.5 Å². The zero-order chi connectivity index (χ0) is 15.7. The van der Waals surface area contributed by atoms with E-state index in [2.05, 4.69) is 4.98 Å². The first-order valence-electron chi connectivity index (χ1n) is 7.24. The Kier molecular flexibility index (Phi) is 3.60. The van der Waals surface area contributed by atoms with Gasteiger partial charge in [0.15, 0.2) is 0 Å². The van der Waals surface area contributed by atoms with Gasteiger partial charge in [0, 0.05) is 31.1 Å². The summed E-state index contributed by atoms with van der Waals surface area (Å²) in [6.07, 6.45) is 2.54. The van der Waals surface area contributed by atoms with Crippen molar-refractivity contribution in [2.24, 2.45) is 0 Å². The number of halogens is 1. The predicted octanol–water partition coefficient (Wildman–Crippen LogP) is 2.13. The molecule has 0 radical (unpaired) electrons. The molecule has 1 unspecified atom stereocenters. The van der Waals surface area contributed by atoms with Crippen LogP contribution in [0.3, 0.4) is 0 Å². The van der Waals surface area contributed by atoms with Crippen LogP contribution in [0.1, 0.15) is 18.4 Å². The standard InChI is InChI=1S/C16H17FN2O3/c17-16(15(21)22)6-8-19(10-16)14(20)4-2-11-1-3-13-12(9-11)5-7-18-13/h1,3,5,7,9,18H,2,4,6,8,10H2,(H,21,22). The highest BCUT2D eigenvalue weighted by atomic mass is 19.1. The largest absolute Gasteiger partial charge is 0.479 e. The number of rotatable bonds is 4. The van der Waals surface area contributed by atoms with Gasteiger partial charge in [0.1, 0.15) is 0 Å². The smallest absolute Gasteiger partial charge is 0.343 e. The summed E-state index contributed by atoms with van der Waals surface area (Å²) in [6.45, 7) is -0.184. The molecule has 2 N–H and O–H groups in total. The molecule has 5 nitrogen and oxygen atoms in total. The molecule has 1 aromatic heterocycles. The van der Waals surface area contributed by atoms with Gasteiger partial charge in [0.05, 0.1) is 6.54 Å². The number of likely N-dealkylation sites (tertiary alicyclic amines) is 1. The molecule has 1 atom stereocenters. The lowest BCUT2D eigenvalue weighted by Gasteiger charge is -2.17. The number of aromatic nitrogens is 1. The molecule has 0 saturated carbocycles. The van der Waals surface area contributed by atoms with E-state index in [1.807, 2.05) is 30.5 Å². The highest BCUT2D eigenvalue weighted by molar-refractivity contribution is 5.83. The summed E-state index contributed by atoms with van der Waals surface area (Å²) in [5, 5.41) is 9.93. The molecule has 116 valence electrons. The minimum atomic E-state index is -2.29. The number of aryl methyl sites for hydroxylation is 1. The average molecular weight is 304 g/mol. The zero-order valence-electron chi connectivity index (χ0n) is 12.0. The second kappa shape index (κ2) is 5.44. The number of hydrogen-bond acceptors (Lipinski definition) is 2. The molecule has 1 aliphatic heterocycles. The number of carbonyl (C=O) groups is 2. The Hall–Kier alpha value is -2.37. The lowest BCUT2D eigenvalue weighted by atomic mass is 10.1. The van der Waals surface area contributed by atoms with Crippen LogP contribution in [0.15, 0.2) is 30.5 Å². The van der Waals surface area contributed by atoms with Crippen molar-refractivity contribution < 1.29 is 19.1 Å². The van der Waals surface area contributed by atoms with Gasteiger partial charge < -0.3 is 15.0 Å². The third-order valence-corrected chi connectivity index (χ3v) is 4.20. The van der Waals surface area contributed by atoms with Crippen LogP contribution >= 0.6 is 0 Å². The van der Waals surface area contributed by atoms with Crippen molar-refractivity contribution in [3.05, 3.63) is 36.0 Å². The summed E-state index contributed by atoms with van der Waals surface area (Å²) in [4.78, 5) is 27.4. The van der Waals surface area contributed by atoms with E-state index >= 15 is 0 Å². The minimum absolute atomic E-state index is 0.136. The van der Waals surface area contributed by atoms with Crippen molar-refractivity contribution in [1.82, 2.24) is 9.88 Å². The van der Waals surface area contributed by atoms with Crippen molar-refractivity contribution in [3.63, 3.8) is 0 Å². The summed E-state index contributed by atoms with van der Waals surface area (Å²) in [6, 6.07) is 7.89. The fourth-order valence-corrected chi connectivity index (χ4v) is 2.83. The molecule has 2 heterocycles. The summed E-state index contributed by atoms with van der Waals surface area (Å²) in [5.74, 6) is -1.68. The second-order valence-electron chi connectivity index (χ2n) is 5.74. The maximum absolute atomic E-state index is 14.0. The van der Waals surface area contributed by atoms with Gasteiger partial charge in [-0.3, -0.25) is 4.79 Å². The average Bonchev–Trinajstić information content (AvgIpc) is 3.11. The molecular formula is C16H17FN2O3. The second-order valence-corrected chi connectivity index (χ2v) is 5.74. The molecule has 2 aromatic rings. The van der Waals surface area contributed by atoms with Gasteiger partial charge in [-0.25, -0.2) is 9.18 Å². The van der Waals surface area contributed by atoms with Gasteiger partial charge in [-0.2, -0.15) is 0 Å². The Balaban J connectivity index is 1.59. The van der Waals surface area contributed by atoms with Crippen LogP contribution in [0.5, 0.6) is 0 Å². The Morgan fingerprint density at radius 2 is 2.18 bits per heavy atom. The number of amides is 1. The van der Waals surface area contributed by atoms with E-state index in [9.17, 15) is 14.0 Å². The third kappa shape index (κ3) is 2.68. The Morgan fingerprint density at radius 1 is 1.36 bits per heavy atom. The summed E-state index contributed by atoms with van der Waals surface area (Å²) in [7, 11) is 0. The van der Waals surface area contributed by atoms with Crippen molar-refractivity contribution in [3.8, 4) is 0 Å². The molecule has 1 aromatic carbocycles. The lowest BCUT2D eigenvalue weighted by Crippen LogP contribution is -2.38. The number of aliphatic carboxylic acids is 1. The predicted molar refractivity (Wildman–Crippen MR) is 79.3 cm³/mol. The molecule has 0 bridgehead atoms. The molecule has 3 rings (SSSR count). The lowest BCUT2D eigenvalue weighted by molar-refractivity contribution is -0.150. The van der Waals surface area contributed by atoms with Gasteiger partial charge in [-0.05, 0) is 35.6 Å². The number of nitrogens with one attached hydrogen (secondary N) is 1. The van der Waals surface area contributed by atoms with Crippen LogP contribution in [0.2, 0.25) is 0 Å². The molecule has 6 heteroatoms. The first-order valence-corrected chi connectivity index (χ1v) is 7.24. The number of hydrogen-bond donors (Lipinski definition) is 2. The van der Waals surface area contributed by atoms with Crippen molar-refractivity contribution in [2.45, 2.75) is 24.9 Å². The van der Waals surface area contributed by atoms with E-state index in [4.69, 9.17) is 5.11 Å². The van der Waals surface area contributed by atoms with Crippen molar-refractivity contribution >= 4 is 22.8 Å². The van der Waals surface area contributed by atoms with Gasteiger partial charge >= 0.3 is 5.97 Å². The number of benzene rings is 1. The molecule has 22 heavy (non-hydrogen) atoms. The zero-order valence-corrected chi connectivity index (χ0v) is 12.0. The SMILES string of the molecule is O=C(CCc1ccc2[nH]ccc2c1)N1CCC(F)(C(=O)O)C1. The van der Waals surface area contributed by atoms with Gasteiger partial charge in [0.2, 0.25) is 11.6 Å². The van der Waals surface area contributed by atoms with Gasteiger partial charge in [-0.15, -0.1) is 0 Å². The van der Waals surface area contributed by atoms with E-state index < -0.39 is 11.6 Å². The third-order valence-electron chi connectivity index (χ3n) is 4.20. The van der Waals surface area contributed by atoms with Crippen LogP contribution in [0, 0.1) is 0 Å². The summed E-state index contributed by atoms with van der Waals surface area (Å²) >= 11 is 0. The first kappa shape index (κ1) is 14.6. The van der Waals surface area contributed by atoms with Crippen LogP contribution in [-0.2, 0) is 16.0 Å². The highest BCUT2D eigenvalue weighted by Crippen LogP contribution is 2.26. The summed E-state index contributed by atoms with van der Waals surface area (Å²) in [5.41, 5.74) is -0.220. The number of aromatic amines is 1. The monoisotopic (exact) mass is 304 g/mol. The normalized spacial score (nSPS) is 21.4. The molecule has 1 aliphatic rings. The van der Waals surface area contributed by atoms with E-state index in [-0.39, 0.29) is 31.8 Å². The highest BCUT2D eigenvalue weighted by Gasteiger charge is 2.46. The maximum Gasteiger partial charge on any atom is 0.343 e. The topological polar surface area (TPSA) is 73.4 Å². The van der Waals surface area contributed by atoms with E-state index in [0.29, 0.717) is 6.42 Å². The number of alkyl halides is 1.